The lowest BCUT2D eigenvalue weighted by atomic mass is 10.0. The molecule has 0 radical (unpaired) electrons. The van der Waals surface area contributed by atoms with Gasteiger partial charge in [-0.1, -0.05) is 11.6 Å². The van der Waals surface area contributed by atoms with Crippen molar-refractivity contribution in [3.63, 3.8) is 0 Å². The molecule has 120 valence electrons. The zero-order chi connectivity index (χ0) is 16.0. The topological polar surface area (TPSA) is 30.5 Å². The monoisotopic (exact) mass is 389 g/mol. The molecule has 0 aliphatic carbocycles. The average molecular weight is 391 g/mol. The van der Waals surface area contributed by atoms with Crippen molar-refractivity contribution in [3.05, 3.63) is 27.2 Å². The van der Waals surface area contributed by atoms with Gasteiger partial charge >= 0.3 is 6.18 Å². The molecule has 0 saturated heterocycles. The molecule has 8 heteroatoms. The summed E-state index contributed by atoms with van der Waals surface area (Å²) in [7, 11) is 3.23. The Morgan fingerprint density at radius 3 is 2.57 bits per heavy atom. The molecule has 0 amide bonds. The molecule has 21 heavy (non-hydrogen) atoms. The Labute approximate surface area is 134 Å². The molecule has 1 aromatic carbocycles. The Hall–Kier alpha value is -0.500. The number of methoxy groups -OCH3 is 1. The Morgan fingerprint density at radius 1 is 1.38 bits per heavy atom. The minimum Gasteiger partial charge on any atom is -0.495 e. The molecule has 0 aliphatic heterocycles. The van der Waals surface area contributed by atoms with Crippen LogP contribution in [0.3, 0.4) is 0 Å². The molecule has 0 aromatic heterocycles. The van der Waals surface area contributed by atoms with Gasteiger partial charge in [0.15, 0.2) is 0 Å². The van der Waals surface area contributed by atoms with E-state index in [0.717, 1.165) is 5.56 Å². The number of benzene rings is 1. The number of nitrogens with one attached hydrogen (secondary N) is 1. The predicted molar refractivity (Wildman–Crippen MR) is 79.0 cm³/mol. The van der Waals surface area contributed by atoms with Crippen LogP contribution in [0, 0.1) is 0 Å². The highest BCUT2D eigenvalue weighted by Crippen LogP contribution is 2.37. The largest absolute Gasteiger partial charge is 0.495 e. The molecule has 1 unspecified atom stereocenters. The fourth-order valence-electron chi connectivity index (χ4n) is 1.90. The number of ether oxygens (including phenoxy) is 2. The van der Waals surface area contributed by atoms with Crippen LogP contribution >= 0.6 is 27.5 Å². The third-order valence-corrected chi connectivity index (χ3v) is 3.59. The summed E-state index contributed by atoms with van der Waals surface area (Å²) >= 11 is 9.35. The van der Waals surface area contributed by atoms with Gasteiger partial charge in [-0.25, -0.2) is 0 Å². The maximum Gasteiger partial charge on any atom is 0.411 e. The first-order chi connectivity index (χ1) is 9.78. The highest BCUT2D eigenvalue weighted by Gasteiger charge is 2.27. The van der Waals surface area contributed by atoms with E-state index in [2.05, 4.69) is 26.0 Å². The van der Waals surface area contributed by atoms with Crippen molar-refractivity contribution in [2.24, 2.45) is 0 Å². The second-order valence-electron chi connectivity index (χ2n) is 4.31. The molecule has 1 N–H and O–H groups in total. The van der Waals surface area contributed by atoms with Gasteiger partial charge in [0.25, 0.3) is 0 Å². The lowest BCUT2D eigenvalue weighted by molar-refractivity contribution is -0.174. The van der Waals surface area contributed by atoms with E-state index in [0.29, 0.717) is 21.7 Å². The number of hydrogen-bond acceptors (Lipinski definition) is 3. The van der Waals surface area contributed by atoms with Crippen LogP contribution in [-0.2, 0) is 4.74 Å². The molecule has 3 nitrogen and oxygen atoms in total. The van der Waals surface area contributed by atoms with Crippen LogP contribution in [0.1, 0.15) is 18.0 Å². The van der Waals surface area contributed by atoms with Crippen LogP contribution in [0.15, 0.2) is 16.6 Å². The van der Waals surface area contributed by atoms with E-state index in [1.54, 1.807) is 19.2 Å². The third kappa shape index (κ3) is 6.02. The Morgan fingerprint density at radius 2 is 2.05 bits per heavy atom. The summed E-state index contributed by atoms with van der Waals surface area (Å²) in [5.74, 6) is 0.592. The highest BCUT2D eigenvalue weighted by atomic mass is 79.9. The van der Waals surface area contributed by atoms with E-state index in [9.17, 15) is 13.2 Å². The van der Waals surface area contributed by atoms with Gasteiger partial charge in [0.2, 0.25) is 0 Å². The van der Waals surface area contributed by atoms with Gasteiger partial charge in [-0.3, -0.25) is 0 Å². The molecule has 0 fully saturated rings. The van der Waals surface area contributed by atoms with Gasteiger partial charge in [-0.15, -0.1) is 0 Å². The van der Waals surface area contributed by atoms with Crippen LogP contribution in [0.4, 0.5) is 13.2 Å². The van der Waals surface area contributed by atoms with E-state index in [1.165, 1.54) is 7.11 Å². The van der Waals surface area contributed by atoms with Gasteiger partial charge < -0.3 is 14.8 Å². The number of hydrogen-bond donors (Lipinski definition) is 1. The molecule has 1 aromatic rings. The van der Waals surface area contributed by atoms with E-state index in [4.69, 9.17) is 16.3 Å². The molecular formula is C13H16BrClF3NO2. The first kappa shape index (κ1) is 18.5. The molecule has 0 saturated carbocycles. The third-order valence-electron chi connectivity index (χ3n) is 2.78. The summed E-state index contributed by atoms with van der Waals surface area (Å²) in [6.07, 6.45) is -3.96. The van der Waals surface area contributed by atoms with Crippen molar-refractivity contribution < 1.29 is 22.6 Å². The minimum atomic E-state index is -4.31. The molecule has 0 heterocycles. The van der Waals surface area contributed by atoms with Crippen LogP contribution in [0.5, 0.6) is 5.75 Å². The molecular weight excluding hydrogens is 374 g/mol. The maximum atomic E-state index is 12.0. The molecule has 1 rings (SSSR count). The average Bonchev–Trinajstić information content (AvgIpc) is 2.37. The van der Waals surface area contributed by atoms with Crippen LogP contribution in [0.25, 0.3) is 0 Å². The second kappa shape index (κ2) is 8.22. The van der Waals surface area contributed by atoms with E-state index < -0.39 is 12.8 Å². The van der Waals surface area contributed by atoms with Gasteiger partial charge in [-0.2, -0.15) is 13.2 Å². The highest BCUT2D eigenvalue weighted by molar-refractivity contribution is 9.10. The molecule has 0 spiro atoms. The van der Waals surface area contributed by atoms with Crippen molar-refractivity contribution in [2.45, 2.75) is 18.6 Å². The Balaban J connectivity index is 2.76. The SMILES string of the molecule is CNC(CCOCC(F)(F)F)c1cc(Cl)cc(Br)c1OC. The van der Waals surface area contributed by atoms with Crippen LogP contribution < -0.4 is 10.1 Å². The maximum absolute atomic E-state index is 12.0. The molecule has 0 aliphatic rings. The van der Waals surface area contributed by atoms with Crippen LogP contribution in [-0.4, -0.2) is 33.5 Å². The summed E-state index contributed by atoms with van der Waals surface area (Å²) in [4.78, 5) is 0. The summed E-state index contributed by atoms with van der Waals surface area (Å²) in [5.41, 5.74) is 0.759. The van der Waals surface area contributed by atoms with E-state index >= 15 is 0 Å². The second-order valence-corrected chi connectivity index (χ2v) is 5.60. The first-order valence-corrected chi connectivity index (χ1v) is 7.30. The zero-order valence-corrected chi connectivity index (χ0v) is 13.9. The molecule has 0 bridgehead atoms. The smallest absolute Gasteiger partial charge is 0.411 e. The van der Waals surface area contributed by atoms with Gasteiger partial charge in [0.1, 0.15) is 12.4 Å². The standard InChI is InChI=1S/C13H16BrClF3NO2/c1-19-11(3-4-21-7-13(16,17)18)9-5-8(15)6-10(14)12(9)20-2/h5-6,11,19H,3-4,7H2,1-2H3. The van der Waals surface area contributed by atoms with Crippen molar-refractivity contribution in [1.29, 1.82) is 0 Å². The fourth-order valence-corrected chi connectivity index (χ4v) is 2.89. The van der Waals surface area contributed by atoms with Crippen molar-refractivity contribution in [1.82, 2.24) is 5.32 Å². The Bertz CT molecular complexity index is 471. The predicted octanol–water partition coefficient (Wildman–Crippen LogP) is 4.34. The lowest BCUT2D eigenvalue weighted by Gasteiger charge is -2.21. The number of alkyl halides is 3. The summed E-state index contributed by atoms with van der Waals surface area (Å²) in [6.45, 7) is -1.28. The van der Waals surface area contributed by atoms with Crippen molar-refractivity contribution in [3.8, 4) is 5.75 Å². The van der Waals surface area contributed by atoms with Crippen LogP contribution in [0.2, 0.25) is 5.02 Å². The summed E-state index contributed by atoms with van der Waals surface area (Å²) in [6, 6.07) is 3.18. The van der Waals surface area contributed by atoms with Crippen molar-refractivity contribution >= 4 is 27.5 Å². The number of rotatable bonds is 7. The molecule has 1 atom stereocenters. The lowest BCUT2D eigenvalue weighted by Crippen LogP contribution is -2.22. The van der Waals surface area contributed by atoms with E-state index in [1.807, 2.05) is 0 Å². The van der Waals surface area contributed by atoms with E-state index in [-0.39, 0.29) is 12.6 Å². The van der Waals surface area contributed by atoms with Gasteiger partial charge in [-0.05, 0) is 41.5 Å². The van der Waals surface area contributed by atoms with Gasteiger partial charge in [0, 0.05) is 23.2 Å². The first-order valence-electron chi connectivity index (χ1n) is 6.13. The fraction of sp³-hybridized carbons (Fsp3) is 0.538. The zero-order valence-electron chi connectivity index (χ0n) is 11.6. The minimum absolute atomic E-state index is 0.0295. The summed E-state index contributed by atoms with van der Waals surface area (Å²) < 4.78 is 46.7. The quantitative estimate of drug-likeness (QED) is 0.703. The number of halogens is 5. The van der Waals surface area contributed by atoms with Gasteiger partial charge in [0.05, 0.1) is 11.6 Å². The normalized spacial score (nSPS) is 13.3. The Kier molecular flexibility index (Phi) is 7.26. The summed E-state index contributed by atoms with van der Waals surface area (Å²) in [5, 5.41) is 3.53. The van der Waals surface area contributed by atoms with Crippen molar-refractivity contribution in [2.75, 3.05) is 27.4 Å².